The van der Waals surface area contributed by atoms with E-state index in [1.165, 1.54) is 22.8 Å². The molecule has 98 valence electrons. The summed E-state index contributed by atoms with van der Waals surface area (Å²) in [4.78, 5) is 11.3. The molecule has 3 nitrogen and oxygen atoms in total. The third kappa shape index (κ3) is 3.91. The first-order valence-corrected chi connectivity index (χ1v) is 6.14. The second kappa shape index (κ2) is 6.24. The quantitative estimate of drug-likeness (QED) is 0.654. The summed E-state index contributed by atoms with van der Waals surface area (Å²) in [5, 5.41) is 3.26. The number of rotatable bonds is 4. The molecule has 1 aromatic carbocycles. The second-order valence-electron chi connectivity index (χ2n) is 4.48. The highest BCUT2D eigenvalue weighted by Gasteiger charge is 2.05. The van der Waals surface area contributed by atoms with E-state index in [9.17, 15) is 4.79 Å². The first-order valence-electron chi connectivity index (χ1n) is 6.14. The number of carbonyl (C=O) groups is 1. The number of hydrogen-bond acceptors (Lipinski definition) is 3. The van der Waals surface area contributed by atoms with Gasteiger partial charge in [0, 0.05) is 17.5 Å². The molecule has 0 unspecified atom stereocenters. The lowest BCUT2D eigenvalue weighted by atomic mass is 10.0. The lowest BCUT2D eigenvalue weighted by Crippen LogP contribution is -2.06. The van der Waals surface area contributed by atoms with Gasteiger partial charge in [-0.25, -0.2) is 4.79 Å². The molecule has 18 heavy (non-hydrogen) atoms. The fourth-order valence-corrected chi connectivity index (χ4v) is 1.97. The van der Waals surface area contributed by atoms with Gasteiger partial charge in [-0.1, -0.05) is 17.7 Å². The van der Waals surface area contributed by atoms with Crippen molar-refractivity contribution in [3.8, 4) is 0 Å². The van der Waals surface area contributed by atoms with Gasteiger partial charge in [0.1, 0.15) is 0 Å². The molecule has 1 N–H and O–H groups in total. The number of hydrogen-bond donors (Lipinski definition) is 1. The van der Waals surface area contributed by atoms with E-state index in [0.29, 0.717) is 6.61 Å². The van der Waals surface area contributed by atoms with E-state index in [0.717, 1.165) is 11.4 Å². The van der Waals surface area contributed by atoms with Gasteiger partial charge in [-0.2, -0.15) is 0 Å². The van der Waals surface area contributed by atoms with Crippen LogP contribution >= 0.6 is 0 Å². The Morgan fingerprint density at radius 1 is 1.28 bits per heavy atom. The van der Waals surface area contributed by atoms with Crippen molar-refractivity contribution in [2.24, 2.45) is 0 Å². The van der Waals surface area contributed by atoms with Crippen LogP contribution in [-0.2, 0) is 9.53 Å². The summed E-state index contributed by atoms with van der Waals surface area (Å²) >= 11 is 0. The van der Waals surface area contributed by atoms with E-state index in [1.54, 1.807) is 6.92 Å². The van der Waals surface area contributed by atoms with Crippen LogP contribution < -0.4 is 5.32 Å². The Bertz CT molecular complexity index is 452. The molecule has 0 aliphatic heterocycles. The minimum atomic E-state index is -0.315. The van der Waals surface area contributed by atoms with Crippen molar-refractivity contribution >= 4 is 11.7 Å². The number of allylic oxidation sites excluding steroid dienone is 1. The van der Waals surface area contributed by atoms with Gasteiger partial charge < -0.3 is 10.1 Å². The van der Waals surface area contributed by atoms with Crippen LogP contribution in [0.3, 0.4) is 0 Å². The Morgan fingerprint density at radius 3 is 2.33 bits per heavy atom. The summed E-state index contributed by atoms with van der Waals surface area (Å²) in [6.07, 6.45) is 1.47. The molecule has 0 radical (unpaired) electrons. The van der Waals surface area contributed by atoms with Crippen molar-refractivity contribution < 1.29 is 9.53 Å². The van der Waals surface area contributed by atoms with Crippen LogP contribution in [0.15, 0.2) is 23.9 Å². The van der Waals surface area contributed by atoms with Crippen molar-refractivity contribution in [1.29, 1.82) is 0 Å². The Hall–Kier alpha value is -1.77. The van der Waals surface area contributed by atoms with Crippen molar-refractivity contribution in [2.75, 3.05) is 11.9 Å². The lowest BCUT2D eigenvalue weighted by Gasteiger charge is -2.14. The van der Waals surface area contributed by atoms with E-state index in [4.69, 9.17) is 4.74 Å². The zero-order valence-corrected chi connectivity index (χ0v) is 11.8. The fraction of sp³-hybridized carbons (Fsp3) is 0.400. The molecule has 0 bridgehead atoms. The van der Waals surface area contributed by atoms with Crippen LogP contribution in [0.2, 0.25) is 0 Å². The summed E-state index contributed by atoms with van der Waals surface area (Å²) in [5.74, 6) is -0.315. The number of anilines is 1. The van der Waals surface area contributed by atoms with E-state index in [-0.39, 0.29) is 5.97 Å². The minimum Gasteiger partial charge on any atom is -0.463 e. The molecule has 0 aromatic heterocycles. The molecule has 0 aliphatic carbocycles. The first kappa shape index (κ1) is 14.3. The molecule has 0 aliphatic rings. The highest BCUT2D eigenvalue weighted by Crippen LogP contribution is 2.23. The molecule has 0 saturated carbocycles. The fourth-order valence-electron chi connectivity index (χ4n) is 1.97. The average molecular weight is 247 g/mol. The molecule has 0 amide bonds. The van der Waals surface area contributed by atoms with E-state index in [2.05, 4.69) is 38.2 Å². The Kier molecular flexibility index (Phi) is 4.95. The van der Waals surface area contributed by atoms with E-state index in [1.807, 2.05) is 6.92 Å². The van der Waals surface area contributed by atoms with Crippen LogP contribution in [0.5, 0.6) is 0 Å². The Morgan fingerprint density at radius 2 is 1.83 bits per heavy atom. The third-order valence-electron chi connectivity index (χ3n) is 2.62. The van der Waals surface area contributed by atoms with Crippen molar-refractivity contribution in [2.45, 2.75) is 34.6 Å². The summed E-state index contributed by atoms with van der Waals surface area (Å²) < 4.78 is 4.87. The topological polar surface area (TPSA) is 38.3 Å². The normalized spacial score (nSPS) is 11.3. The van der Waals surface area contributed by atoms with Crippen LogP contribution in [0, 0.1) is 20.8 Å². The molecule has 1 rings (SSSR count). The van der Waals surface area contributed by atoms with Crippen molar-refractivity contribution in [1.82, 2.24) is 0 Å². The summed E-state index contributed by atoms with van der Waals surface area (Å²) in [6, 6.07) is 4.24. The smallest absolute Gasteiger partial charge is 0.332 e. The molecule has 3 heteroatoms. The van der Waals surface area contributed by atoms with E-state index < -0.39 is 0 Å². The molecule has 0 spiro atoms. The van der Waals surface area contributed by atoms with Crippen molar-refractivity contribution in [3.63, 3.8) is 0 Å². The van der Waals surface area contributed by atoms with Crippen molar-refractivity contribution in [3.05, 3.63) is 40.6 Å². The summed E-state index contributed by atoms with van der Waals surface area (Å²) in [5.41, 5.74) is 5.41. The second-order valence-corrected chi connectivity index (χ2v) is 4.48. The molecule has 0 fully saturated rings. The van der Waals surface area contributed by atoms with Gasteiger partial charge in [0.2, 0.25) is 0 Å². The van der Waals surface area contributed by atoms with Gasteiger partial charge in [0.25, 0.3) is 0 Å². The van der Waals surface area contributed by atoms with Gasteiger partial charge in [-0.15, -0.1) is 0 Å². The zero-order chi connectivity index (χ0) is 13.7. The minimum absolute atomic E-state index is 0.315. The average Bonchev–Trinajstić information content (AvgIpc) is 2.23. The van der Waals surface area contributed by atoms with Gasteiger partial charge >= 0.3 is 5.97 Å². The summed E-state index contributed by atoms with van der Waals surface area (Å²) in [7, 11) is 0. The number of nitrogens with one attached hydrogen (secondary N) is 1. The van der Waals surface area contributed by atoms with E-state index >= 15 is 0 Å². The van der Waals surface area contributed by atoms with Gasteiger partial charge in [0.15, 0.2) is 0 Å². The Balaban J connectivity index is 2.88. The maximum atomic E-state index is 11.3. The SMILES string of the molecule is CCOC(=O)C=C(C)Nc1c(C)cc(C)cc1C. The Labute approximate surface area is 109 Å². The monoisotopic (exact) mass is 247 g/mol. The molecule has 0 saturated heterocycles. The van der Waals surface area contributed by atoms with Crippen LogP contribution in [0.1, 0.15) is 30.5 Å². The summed E-state index contributed by atoms with van der Waals surface area (Å²) in [6.45, 7) is 10.2. The molecule has 1 aromatic rings. The van der Waals surface area contributed by atoms with Gasteiger partial charge in [-0.05, 0) is 45.7 Å². The number of carbonyl (C=O) groups excluding carboxylic acids is 1. The predicted molar refractivity (Wildman–Crippen MR) is 74.7 cm³/mol. The molecule has 0 heterocycles. The number of ether oxygens (including phenoxy) is 1. The van der Waals surface area contributed by atoms with Gasteiger partial charge in [-0.3, -0.25) is 0 Å². The van der Waals surface area contributed by atoms with Gasteiger partial charge in [0.05, 0.1) is 6.61 Å². The number of esters is 1. The van der Waals surface area contributed by atoms with Crippen LogP contribution in [0.25, 0.3) is 0 Å². The standard InChI is InChI=1S/C15H21NO2/c1-6-18-14(17)9-13(5)16-15-11(3)7-10(2)8-12(15)4/h7-9,16H,6H2,1-5H3. The largest absolute Gasteiger partial charge is 0.463 e. The first-order chi connectivity index (χ1) is 8.43. The zero-order valence-electron chi connectivity index (χ0n) is 11.8. The van der Waals surface area contributed by atoms with Crippen LogP contribution in [-0.4, -0.2) is 12.6 Å². The maximum Gasteiger partial charge on any atom is 0.332 e. The third-order valence-corrected chi connectivity index (χ3v) is 2.62. The highest BCUT2D eigenvalue weighted by molar-refractivity contribution is 5.83. The number of benzene rings is 1. The predicted octanol–water partition coefficient (Wildman–Crippen LogP) is 3.49. The maximum absolute atomic E-state index is 11.3. The lowest BCUT2D eigenvalue weighted by molar-refractivity contribution is -0.137. The number of aryl methyl sites for hydroxylation is 3. The highest BCUT2D eigenvalue weighted by atomic mass is 16.5. The molecule has 0 atom stereocenters. The molecular formula is C15H21NO2. The molecular weight excluding hydrogens is 226 g/mol. The van der Waals surface area contributed by atoms with Crippen LogP contribution in [0.4, 0.5) is 5.69 Å².